The van der Waals surface area contributed by atoms with Crippen LogP contribution in [-0.4, -0.2) is 56.0 Å². The summed E-state index contributed by atoms with van der Waals surface area (Å²) in [6.07, 6.45) is 3.35. The molecule has 0 spiro atoms. The van der Waals surface area contributed by atoms with Gasteiger partial charge in [0.25, 0.3) is 5.91 Å². The van der Waals surface area contributed by atoms with Crippen molar-refractivity contribution in [2.24, 2.45) is 0 Å². The maximum absolute atomic E-state index is 13.6. The number of benzene rings is 2. The lowest BCUT2D eigenvalue weighted by molar-refractivity contribution is -0.120. The first-order valence-electron chi connectivity index (χ1n) is 12.5. The number of nitrogens with zero attached hydrogens (tertiary/aromatic N) is 2. The van der Waals surface area contributed by atoms with Crippen LogP contribution in [0.2, 0.25) is 0 Å². The van der Waals surface area contributed by atoms with Gasteiger partial charge in [-0.1, -0.05) is 26.0 Å². The molecule has 6 nitrogen and oxygen atoms in total. The highest BCUT2D eigenvalue weighted by Crippen LogP contribution is 2.37. The summed E-state index contributed by atoms with van der Waals surface area (Å²) in [7, 11) is 0. The molecule has 0 radical (unpaired) electrons. The second-order valence-electron chi connectivity index (χ2n) is 10.5. The number of morpholine rings is 1. The predicted molar refractivity (Wildman–Crippen MR) is 135 cm³/mol. The molecule has 5 rings (SSSR count). The van der Waals surface area contributed by atoms with E-state index in [2.05, 4.69) is 53.2 Å². The van der Waals surface area contributed by atoms with Crippen molar-refractivity contribution in [3.63, 3.8) is 0 Å². The van der Waals surface area contributed by atoms with E-state index < -0.39 is 0 Å². The maximum Gasteiger partial charge on any atom is 0.257 e. The molecular weight excluding hydrogens is 426 g/mol. The lowest BCUT2D eigenvalue weighted by Crippen LogP contribution is -2.35. The predicted octanol–water partition coefficient (Wildman–Crippen LogP) is 4.16. The lowest BCUT2D eigenvalue weighted by atomic mass is 9.72. The number of nitrogens with one attached hydrogen (secondary N) is 1. The number of carbonyl (C=O) groups is 2. The summed E-state index contributed by atoms with van der Waals surface area (Å²) in [5.74, 6) is 0.206. The zero-order valence-corrected chi connectivity index (χ0v) is 20.4. The van der Waals surface area contributed by atoms with E-state index in [1.807, 2.05) is 12.1 Å². The third-order valence-electron chi connectivity index (χ3n) is 7.39. The summed E-state index contributed by atoms with van der Waals surface area (Å²) in [5.41, 5.74) is 5.71. The third kappa shape index (κ3) is 4.89. The van der Waals surface area contributed by atoms with Crippen LogP contribution in [0.15, 0.2) is 36.4 Å². The highest BCUT2D eigenvalue weighted by molar-refractivity contribution is 6.08. The average Bonchev–Trinajstić information content (AvgIpc) is 3.34. The molecule has 0 atom stereocenters. The molecule has 2 aromatic rings. The van der Waals surface area contributed by atoms with Gasteiger partial charge in [0.05, 0.1) is 18.8 Å². The minimum Gasteiger partial charge on any atom is -0.379 e. The molecule has 1 amide bonds. The van der Waals surface area contributed by atoms with Gasteiger partial charge in [-0.2, -0.15) is 0 Å². The number of anilines is 2. The number of ketones is 1. The van der Waals surface area contributed by atoms with E-state index in [-0.39, 0.29) is 17.1 Å². The molecule has 3 aliphatic rings. The average molecular weight is 462 g/mol. The van der Waals surface area contributed by atoms with E-state index in [0.29, 0.717) is 12.8 Å². The Morgan fingerprint density at radius 2 is 1.79 bits per heavy atom. The summed E-state index contributed by atoms with van der Waals surface area (Å²) < 4.78 is 5.48. The van der Waals surface area contributed by atoms with Crippen molar-refractivity contribution in [3.8, 4) is 0 Å². The van der Waals surface area contributed by atoms with Crippen LogP contribution in [0.1, 0.15) is 60.2 Å². The lowest BCUT2D eigenvalue weighted by Gasteiger charge is -2.32. The number of carbonyl (C=O) groups excluding carboxylic acids is 2. The first-order chi connectivity index (χ1) is 16.4. The van der Waals surface area contributed by atoms with Crippen molar-refractivity contribution < 1.29 is 14.3 Å². The molecule has 34 heavy (non-hydrogen) atoms. The second kappa shape index (κ2) is 9.51. The summed E-state index contributed by atoms with van der Waals surface area (Å²) in [6, 6.07) is 12.3. The number of rotatable bonds is 5. The Morgan fingerprint density at radius 3 is 2.56 bits per heavy atom. The fourth-order valence-corrected chi connectivity index (χ4v) is 5.61. The molecule has 0 unspecified atom stereocenters. The molecular formula is C28H35N3O3. The SMILES string of the molecule is CC1(C)CC(=O)Cc2ccc(NC(=O)c3cc(CN4CCOCC4)ccc3N3CCCC3)cc21. The Morgan fingerprint density at radius 1 is 1.03 bits per heavy atom. The van der Waals surface area contributed by atoms with Gasteiger partial charge in [0.2, 0.25) is 0 Å². The van der Waals surface area contributed by atoms with Crippen LogP contribution in [0.4, 0.5) is 11.4 Å². The summed E-state index contributed by atoms with van der Waals surface area (Å²) in [5, 5.41) is 3.17. The number of hydrogen-bond donors (Lipinski definition) is 1. The van der Waals surface area contributed by atoms with Crippen LogP contribution < -0.4 is 10.2 Å². The van der Waals surface area contributed by atoms with Gasteiger partial charge >= 0.3 is 0 Å². The van der Waals surface area contributed by atoms with Crippen LogP contribution >= 0.6 is 0 Å². The van der Waals surface area contributed by atoms with Crippen molar-refractivity contribution >= 4 is 23.1 Å². The molecule has 2 saturated heterocycles. The van der Waals surface area contributed by atoms with E-state index in [9.17, 15) is 9.59 Å². The van der Waals surface area contributed by atoms with E-state index in [1.165, 1.54) is 0 Å². The number of Topliss-reactive ketones (excluding diaryl/α,β-unsaturated/α-hetero) is 1. The molecule has 0 saturated carbocycles. The Kier molecular flexibility index (Phi) is 6.45. The van der Waals surface area contributed by atoms with Gasteiger partial charge in [-0.3, -0.25) is 14.5 Å². The molecule has 1 aliphatic carbocycles. The Labute approximate surface area is 202 Å². The van der Waals surface area contributed by atoms with E-state index >= 15 is 0 Å². The zero-order valence-electron chi connectivity index (χ0n) is 20.4. The van der Waals surface area contributed by atoms with Gasteiger partial charge < -0.3 is 15.0 Å². The van der Waals surface area contributed by atoms with Gasteiger partial charge in [-0.25, -0.2) is 0 Å². The second-order valence-corrected chi connectivity index (χ2v) is 10.5. The number of fused-ring (bicyclic) bond motifs is 1. The van der Waals surface area contributed by atoms with Crippen LogP contribution in [0.5, 0.6) is 0 Å². The summed E-state index contributed by atoms with van der Waals surface area (Å²) in [6.45, 7) is 10.4. The van der Waals surface area contributed by atoms with E-state index in [4.69, 9.17) is 4.74 Å². The van der Waals surface area contributed by atoms with Gasteiger partial charge in [-0.05, 0) is 59.2 Å². The van der Waals surface area contributed by atoms with Gasteiger partial charge in [-0.15, -0.1) is 0 Å². The minimum absolute atomic E-state index is 0.0737. The molecule has 2 aliphatic heterocycles. The highest BCUT2D eigenvalue weighted by Gasteiger charge is 2.32. The molecule has 2 heterocycles. The molecule has 0 aromatic heterocycles. The van der Waals surface area contributed by atoms with Crippen LogP contribution in [0.3, 0.4) is 0 Å². The van der Waals surface area contributed by atoms with E-state index in [0.717, 1.165) is 92.4 Å². The maximum atomic E-state index is 13.6. The Hall–Kier alpha value is -2.70. The molecule has 2 aromatic carbocycles. The van der Waals surface area contributed by atoms with E-state index in [1.54, 1.807) is 0 Å². The monoisotopic (exact) mass is 461 g/mol. The van der Waals surface area contributed by atoms with Crippen LogP contribution in [0, 0.1) is 0 Å². The van der Waals surface area contributed by atoms with Crippen molar-refractivity contribution in [2.75, 3.05) is 49.6 Å². The fourth-order valence-electron chi connectivity index (χ4n) is 5.61. The van der Waals surface area contributed by atoms with Crippen molar-refractivity contribution in [1.82, 2.24) is 4.90 Å². The van der Waals surface area contributed by atoms with Crippen molar-refractivity contribution in [3.05, 3.63) is 58.7 Å². The third-order valence-corrected chi connectivity index (χ3v) is 7.39. The van der Waals surface area contributed by atoms with Crippen LogP contribution in [0.25, 0.3) is 0 Å². The van der Waals surface area contributed by atoms with Crippen molar-refractivity contribution in [2.45, 2.75) is 51.5 Å². The Balaban J connectivity index is 1.41. The topological polar surface area (TPSA) is 61.9 Å². The summed E-state index contributed by atoms with van der Waals surface area (Å²) >= 11 is 0. The molecule has 6 heteroatoms. The molecule has 0 bridgehead atoms. The number of ether oxygens (including phenoxy) is 1. The number of hydrogen-bond acceptors (Lipinski definition) is 5. The van der Waals surface area contributed by atoms with Gasteiger partial charge in [0, 0.05) is 56.9 Å². The van der Waals surface area contributed by atoms with Gasteiger partial charge in [0.15, 0.2) is 0 Å². The quantitative estimate of drug-likeness (QED) is 0.724. The summed E-state index contributed by atoms with van der Waals surface area (Å²) in [4.78, 5) is 30.4. The first kappa shape index (κ1) is 23.1. The Bertz CT molecular complexity index is 1080. The molecule has 1 N–H and O–H groups in total. The van der Waals surface area contributed by atoms with Crippen molar-refractivity contribution in [1.29, 1.82) is 0 Å². The number of amides is 1. The smallest absolute Gasteiger partial charge is 0.257 e. The highest BCUT2D eigenvalue weighted by atomic mass is 16.5. The largest absolute Gasteiger partial charge is 0.379 e. The minimum atomic E-state index is -0.218. The van der Waals surface area contributed by atoms with Gasteiger partial charge in [0.1, 0.15) is 5.78 Å². The fraction of sp³-hybridized carbons (Fsp3) is 0.500. The molecule has 180 valence electrons. The normalized spacial score (nSPS) is 20.3. The van der Waals surface area contributed by atoms with Crippen LogP contribution in [-0.2, 0) is 27.9 Å². The zero-order chi connectivity index (χ0) is 23.7. The first-order valence-corrected chi connectivity index (χ1v) is 12.5. The standard InChI is InChI=1S/C28H35N3O3/c1-28(2)18-23(32)16-21-6-7-22(17-25(21)28)29-27(33)24-15-20(19-30-11-13-34-14-12-30)5-8-26(24)31-9-3-4-10-31/h5-8,15,17H,3-4,9-14,16,18-19H2,1-2H3,(H,29,33). The molecule has 2 fully saturated rings.